The Labute approximate surface area is 172 Å². The summed E-state index contributed by atoms with van der Waals surface area (Å²) >= 11 is 0. The predicted molar refractivity (Wildman–Crippen MR) is 105 cm³/mol. The second kappa shape index (κ2) is 8.02. The number of nitrogens with one attached hydrogen (secondary N) is 1. The monoisotopic (exact) mass is 424 g/mol. The maximum Gasteiger partial charge on any atom is 0.416 e. The minimum Gasteiger partial charge on any atom is -0.381 e. The Bertz CT molecular complexity index is 882. The molecule has 5 nitrogen and oxygen atoms in total. The lowest BCUT2D eigenvalue weighted by molar-refractivity contribution is -0.137. The van der Waals surface area contributed by atoms with Crippen LogP contribution in [-0.2, 0) is 10.9 Å². The summed E-state index contributed by atoms with van der Waals surface area (Å²) in [7, 11) is 0. The van der Waals surface area contributed by atoms with Gasteiger partial charge in [-0.25, -0.2) is 9.97 Å². The molecule has 9 heteroatoms. The Balaban J connectivity index is 1.54. The van der Waals surface area contributed by atoms with E-state index in [9.17, 15) is 13.2 Å². The molecule has 2 saturated heterocycles. The highest BCUT2D eigenvalue weighted by molar-refractivity contribution is 5.53. The first-order valence-electron chi connectivity index (χ1n) is 10.0. The average Bonchev–Trinajstić information content (AvgIpc) is 3.36. The Morgan fingerprint density at radius 3 is 2.67 bits per heavy atom. The van der Waals surface area contributed by atoms with E-state index in [1.54, 1.807) is 0 Å². The summed E-state index contributed by atoms with van der Waals surface area (Å²) in [5.41, 5.74) is -0.0583. The molecule has 0 spiro atoms. The van der Waals surface area contributed by atoms with E-state index in [4.69, 9.17) is 4.74 Å². The van der Waals surface area contributed by atoms with Gasteiger partial charge in [-0.15, -0.1) is 0 Å². The number of benzene rings is 1. The molecule has 1 aromatic heterocycles. The van der Waals surface area contributed by atoms with Crippen molar-refractivity contribution in [2.24, 2.45) is 5.41 Å². The van der Waals surface area contributed by atoms with E-state index in [2.05, 4.69) is 22.2 Å². The summed E-state index contributed by atoms with van der Waals surface area (Å²) in [5, 5.41) is 3.08. The Hall–Kier alpha value is -2.42. The van der Waals surface area contributed by atoms with Gasteiger partial charge < -0.3 is 15.0 Å². The van der Waals surface area contributed by atoms with Crippen LogP contribution in [0.4, 0.5) is 29.2 Å². The lowest BCUT2D eigenvalue weighted by Crippen LogP contribution is -2.28. The molecule has 0 aliphatic carbocycles. The highest BCUT2D eigenvalue weighted by Gasteiger charge is 2.34. The number of anilines is 2. The van der Waals surface area contributed by atoms with Gasteiger partial charge in [-0.3, -0.25) is 0 Å². The molecule has 2 aromatic rings. The van der Waals surface area contributed by atoms with Gasteiger partial charge in [-0.1, -0.05) is 19.1 Å². The van der Waals surface area contributed by atoms with Crippen molar-refractivity contribution in [1.29, 1.82) is 0 Å². The van der Waals surface area contributed by atoms with Crippen molar-refractivity contribution < 1.29 is 22.3 Å². The van der Waals surface area contributed by atoms with Crippen LogP contribution in [0.15, 0.2) is 30.6 Å². The van der Waals surface area contributed by atoms with E-state index in [0.717, 1.165) is 25.0 Å². The smallest absolute Gasteiger partial charge is 0.381 e. The first kappa shape index (κ1) is 20.8. The second-order valence-corrected chi connectivity index (χ2v) is 8.30. The molecule has 1 N–H and O–H groups in total. The van der Waals surface area contributed by atoms with Crippen molar-refractivity contribution in [3.05, 3.63) is 47.5 Å². The third-order valence-corrected chi connectivity index (χ3v) is 5.90. The topological polar surface area (TPSA) is 50.3 Å². The van der Waals surface area contributed by atoms with Gasteiger partial charge in [-0.05, 0) is 37.0 Å². The molecule has 0 radical (unpaired) electrons. The third kappa shape index (κ3) is 4.21. The van der Waals surface area contributed by atoms with Crippen molar-refractivity contribution in [3.63, 3.8) is 0 Å². The number of rotatable bonds is 5. The lowest BCUT2D eigenvalue weighted by atomic mass is 9.90. The molecular formula is C21H24F4N4O. The number of ether oxygens (including phenoxy) is 1. The van der Waals surface area contributed by atoms with Crippen LogP contribution in [-0.4, -0.2) is 36.3 Å². The SMILES string of the molecule is CC1(CNc2ncnc(N3CCCC3c3ccc(C(F)(F)F)cc3)c2F)CCOC1. The lowest BCUT2D eigenvalue weighted by Gasteiger charge is -2.27. The number of hydrogen-bond acceptors (Lipinski definition) is 5. The van der Waals surface area contributed by atoms with Gasteiger partial charge in [0, 0.05) is 25.1 Å². The van der Waals surface area contributed by atoms with Crippen LogP contribution in [0, 0.1) is 11.2 Å². The summed E-state index contributed by atoms with van der Waals surface area (Å²) in [6.45, 7) is 4.49. The van der Waals surface area contributed by atoms with Gasteiger partial charge in [0.05, 0.1) is 18.2 Å². The van der Waals surface area contributed by atoms with E-state index in [1.807, 2.05) is 4.90 Å². The predicted octanol–water partition coefficient (Wildman–Crippen LogP) is 4.81. The number of aromatic nitrogens is 2. The van der Waals surface area contributed by atoms with Crippen molar-refractivity contribution in [2.45, 2.75) is 38.4 Å². The zero-order valence-electron chi connectivity index (χ0n) is 16.7. The highest BCUT2D eigenvalue weighted by Crippen LogP contribution is 2.38. The minimum atomic E-state index is -4.38. The molecular weight excluding hydrogens is 400 g/mol. The van der Waals surface area contributed by atoms with Crippen LogP contribution in [0.2, 0.25) is 0 Å². The van der Waals surface area contributed by atoms with Crippen molar-refractivity contribution in [2.75, 3.05) is 36.5 Å². The van der Waals surface area contributed by atoms with E-state index in [0.29, 0.717) is 38.3 Å². The van der Waals surface area contributed by atoms with Crippen LogP contribution in [0.1, 0.15) is 43.4 Å². The van der Waals surface area contributed by atoms with Crippen molar-refractivity contribution in [1.82, 2.24) is 9.97 Å². The first-order chi connectivity index (χ1) is 14.3. The molecule has 4 rings (SSSR count). The van der Waals surface area contributed by atoms with E-state index < -0.39 is 17.6 Å². The molecule has 162 valence electrons. The summed E-state index contributed by atoms with van der Waals surface area (Å²) < 4.78 is 59.2. The first-order valence-corrected chi connectivity index (χ1v) is 10.0. The zero-order valence-corrected chi connectivity index (χ0v) is 16.7. The Morgan fingerprint density at radius 2 is 2.00 bits per heavy atom. The van der Waals surface area contributed by atoms with E-state index in [-0.39, 0.29) is 23.1 Å². The summed E-state index contributed by atoms with van der Waals surface area (Å²) in [5.74, 6) is -0.243. The van der Waals surface area contributed by atoms with Gasteiger partial charge in [0.25, 0.3) is 0 Å². The van der Waals surface area contributed by atoms with E-state index >= 15 is 4.39 Å². The summed E-state index contributed by atoms with van der Waals surface area (Å²) in [4.78, 5) is 10.0. The van der Waals surface area contributed by atoms with Crippen LogP contribution >= 0.6 is 0 Å². The minimum absolute atomic E-state index is 0.0754. The third-order valence-electron chi connectivity index (χ3n) is 5.90. The van der Waals surface area contributed by atoms with Crippen LogP contribution < -0.4 is 10.2 Å². The molecule has 2 aliphatic heterocycles. The zero-order chi connectivity index (χ0) is 21.4. The quantitative estimate of drug-likeness (QED) is 0.698. The van der Waals surface area contributed by atoms with Gasteiger partial charge in [0.1, 0.15) is 6.33 Å². The van der Waals surface area contributed by atoms with Crippen molar-refractivity contribution in [3.8, 4) is 0 Å². The second-order valence-electron chi connectivity index (χ2n) is 8.30. The largest absolute Gasteiger partial charge is 0.416 e. The Kier molecular flexibility index (Phi) is 5.57. The molecule has 2 aliphatic rings. The van der Waals surface area contributed by atoms with E-state index in [1.165, 1.54) is 18.5 Å². The fourth-order valence-corrected chi connectivity index (χ4v) is 4.09. The molecule has 0 amide bonds. The fraction of sp³-hybridized carbons (Fsp3) is 0.524. The molecule has 3 heterocycles. The molecule has 30 heavy (non-hydrogen) atoms. The normalized spacial score (nSPS) is 24.4. The van der Waals surface area contributed by atoms with Crippen molar-refractivity contribution >= 4 is 11.6 Å². The van der Waals surface area contributed by atoms with Gasteiger partial charge in [0.15, 0.2) is 11.6 Å². The molecule has 0 saturated carbocycles. The fourth-order valence-electron chi connectivity index (χ4n) is 4.09. The molecule has 2 atom stereocenters. The standard InChI is InChI=1S/C21H24F4N4O/c1-20(8-10-30-12-20)11-26-18-17(22)19(28-13-27-18)29-9-2-3-16(29)14-4-6-15(7-5-14)21(23,24)25/h4-7,13,16H,2-3,8-12H2,1H3,(H,26,27,28). The van der Waals surface area contributed by atoms with Crippen LogP contribution in [0.25, 0.3) is 0 Å². The molecule has 2 fully saturated rings. The Morgan fingerprint density at radius 1 is 1.23 bits per heavy atom. The van der Waals surface area contributed by atoms with Gasteiger partial charge in [0.2, 0.25) is 5.82 Å². The summed E-state index contributed by atoms with van der Waals surface area (Å²) in [6.07, 6.45) is -0.660. The maximum absolute atomic E-state index is 15.2. The average molecular weight is 424 g/mol. The van der Waals surface area contributed by atoms with Gasteiger partial charge in [-0.2, -0.15) is 17.6 Å². The molecule has 0 bridgehead atoms. The molecule has 1 aromatic carbocycles. The van der Waals surface area contributed by atoms with Crippen LogP contribution in [0.3, 0.4) is 0 Å². The maximum atomic E-state index is 15.2. The number of halogens is 4. The highest BCUT2D eigenvalue weighted by atomic mass is 19.4. The summed E-state index contributed by atoms with van der Waals surface area (Å²) in [6, 6.07) is 4.83. The van der Waals surface area contributed by atoms with Crippen LogP contribution in [0.5, 0.6) is 0 Å². The number of nitrogens with zero attached hydrogens (tertiary/aromatic N) is 3. The van der Waals surface area contributed by atoms with Gasteiger partial charge >= 0.3 is 6.18 Å². The number of alkyl halides is 3. The number of hydrogen-bond donors (Lipinski definition) is 1. The molecule has 2 unspecified atom stereocenters.